The van der Waals surface area contributed by atoms with Crippen molar-refractivity contribution in [2.45, 2.75) is 25.0 Å². The van der Waals surface area contributed by atoms with E-state index in [1.165, 1.54) is 0 Å². The summed E-state index contributed by atoms with van der Waals surface area (Å²) in [5.41, 5.74) is 6.05. The summed E-state index contributed by atoms with van der Waals surface area (Å²) in [4.78, 5) is 4.24. The molecule has 1 aromatic carbocycles. The van der Waals surface area contributed by atoms with Crippen LogP contribution in [0.4, 0.5) is 0 Å². The first-order valence-electron chi connectivity index (χ1n) is 6.71. The zero-order chi connectivity index (χ0) is 15.5. The quantitative estimate of drug-likeness (QED) is 0.354. The summed E-state index contributed by atoms with van der Waals surface area (Å²) >= 11 is 13.8. The Hall–Kier alpha value is 0.110. The van der Waals surface area contributed by atoms with Gasteiger partial charge >= 0.3 is 0 Å². The number of aliphatic hydroxyl groups is 1. The van der Waals surface area contributed by atoms with E-state index in [-0.39, 0.29) is 30.0 Å². The molecule has 2 atom stereocenters. The second-order valence-electron chi connectivity index (χ2n) is 5.26. The second-order valence-corrected chi connectivity index (χ2v) is 7.21. The van der Waals surface area contributed by atoms with Crippen LogP contribution in [0.2, 0.25) is 10.0 Å². The van der Waals surface area contributed by atoms with Gasteiger partial charge < -0.3 is 16.2 Å². The van der Waals surface area contributed by atoms with E-state index in [4.69, 9.17) is 28.9 Å². The topological polar surface area (TPSA) is 70.6 Å². The first kappa shape index (κ1) is 20.2. The summed E-state index contributed by atoms with van der Waals surface area (Å²) < 4.78 is 0. The first-order chi connectivity index (χ1) is 9.89. The van der Waals surface area contributed by atoms with Gasteiger partial charge in [0.15, 0.2) is 5.96 Å². The summed E-state index contributed by atoms with van der Waals surface area (Å²) in [5.74, 6) is 1.98. The first-order valence-corrected chi connectivity index (χ1v) is 8.62. The molecule has 1 heterocycles. The molecule has 0 saturated carbocycles. The number of halogens is 3. The molecule has 1 aromatic rings. The van der Waals surface area contributed by atoms with Gasteiger partial charge in [0.1, 0.15) is 0 Å². The van der Waals surface area contributed by atoms with Crippen molar-refractivity contribution in [2.75, 3.05) is 18.1 Å². The molecule has 1 saturated heterocycles. The van der Waals surface area contributed by atoms with Crippen LogP contribution in [0.5, 0.6) is 0 Å². The number of thioether (sulfide) groups is 1. The van der Waals surface area contributed by atoms with Gasteiger partial charge in [-0.1, -0.05) is 29.3 Å². The molecule has 124 valence electrons. The monoisotopic (exact) mass is 475 g/mol. The van der Waals surface area contributed by atoms with Gasteiger partial charge in [0.25, 0.3) is 0 Å². The fraction of sp³-hybridized carbons (Fsp3) is 0.500. The molecule has 4 N–H and O–H groups in total. The number of nitrogens with zero attached hydrogens (tertiary/aromatic N) is 1. The van der Waals surface area contributed by atoms with Crippen LogP contribution in [0.15, 0.2) is 23.2 Å². The fourth-order valence-electron chi connectivity index (χ4n) is 2.15. The Labute approximate surface area is 162 Å². The average Bonchev–Trinajstić information content (AvgIpc) is 2.84. The summed E-state index contributed by atoms with van der Waals surface area (Å²) in [7, 11) is 0. The predicted octanol–water partition coefficient (Wildman–Crippen LogP) is 3.44. The minimum absolute atomic E-state index is 0. The Morgan fingerprint density at radius 2 is 2.27 bits per heavy atom. The highest BCUT2D eigenvalue weighted by molar-refractivity contribution is 14.0. The minimum atomic E-state index is -0.724. The van der Waals surface area contributed by atoms with Crippen molar-refractivity contribution in [3.05, 3.63) is 33.8 Å². The Balaban J connectivity index is 0.00000242. The summed E-state index contributed by atoms with van der Waals surface area (Å²) in [5, 5.41) is 14.5. The maximum Gasteiger partial charge on any atom is 0.189 e. The molecule has 0 aliphatic carbocycles. The van der Waals surface area contributed by atoms with Gasteiger partial charge in [-0.2, -0.15) is 11.8 Å². The van der Waals surface area contributed by atoms with Crippen LogP contribution < -0.4 is 11.1 Å². The third kappa shape index (κ3) is 5.63. The highest BCUT2D eigenvalue weighted by Gasteiger charge is 2.31. The van der Waals surface area contributed by atoms with Gasteiger partial charge in [-0.05, 0) is 36.8 Å². The van der Waals surface area contributed by atoms with Crippen LogP contribution in [-0.2, 0) is 0 Å². The molecule has 22 heavy (non-hydrogen) atoms. The molecule has 0 aromatic heterocycles. The van der Waals surface area contributed by atoms with Crippen LogP contribution in [0.3, 0.4) is 0 Å². The lowest BCUT2D eigenvalue weighted by Gasteiger charge is -2.20. The van der Waals surface area contributed by atoms with Crippen molar-refractivity contribution in [1.29, 1.82) is 0 Å². The smallest absolute Gasteiger partial charge is 0.189 e. The SMILES string of the molecule is CC(NC(N)=NCC1(O)CCSC1)c1ccc(Cl)cc1Cl.I. The van der Waals surface area contributed by atoms with Gasteiger partial charge in [-0.25, -0.2) is 0 Å². The number of rotatable bonds is 4. The van der Waals surface area contributed by atoms with Crippen molar-refractivity contribution >= 4 is 64.9 Å². The molecule has 1 fully saturated rings. The third-order valence-electron chi connectivity index (χ3n) is 3.42. The van der Waals surface area contributed by atoms with Crippen LogP contribution in [-0.4, -0.2) is 34.7 Å². The molecule has 4 nitrogen and oxygen atoms in total. The predicted molar refractivity (Wildman–Crippen MR) is 107 cm³/mol. The Morgan fingerprint density at radius 1 is 1.55 bits per heavy atom. The van der Waals surface area contributed by atoms with Gasteiger partial charge in [0.2, 0.25) is 0 Å². The largest absolute Gasteiger partial charge is 0.387 e. The van der Waals surface area contributed by atoms with Crippen molar-refractivity contribution in [3.8, 4) is 0 Å². The molecule has 2 unspecified atom stereocenters. The number of guanidine groups is 1. The van der Waals surface area contributed by atoms with E-state index < -0.39 is 5.60 Å². The van der Waals surface area contributed by atoms with E-state index in [1.54, 1.807) is 23.9 Å². The standard InChI is InChI=1S/C14H19Cl2N3OS.HI/c1-9(11-3-2-10(15)6-12(11)16)19-13(17)18-7-14(20)4-5-21-8-14;/h2-3,6,9,20H,4-5,7-8H2,1H3,(H3,17,18,19);1H. The van der Waals surface area contributed by atoms with Crippen LogP contribution in [0.25, 0.3) is 0 Å². The van der Waals surface area contributed by atoms with Crippen LogP contribution in [0.1, 0.15) is 24.9 Å². The number of hydrogen-bond acceptors (Lipinski definition) is 3. The number of benzene rings is 1. The zero-order valence-corrected chi connectivity index (χ0v) is 16.8. The van der Waals surface area contributed by atoms with Crippen molar-refractivity contribution in [3.63, 3.8) is 0 Å². The van der Waals surface area contributed by atoms with Crippen molar-refractivity contribution < 1.29 is 5.11 Å². The van der Waals surface area contributed by atoms with E-state index in [1.807, 2.05) is 13.0 Å². The summed E-state index contributed by atoms with van der Waals surface area (Å²) in [6.45, 7) is 2.26. The Morgan fingerprint density at radius 3 is 2.86 bits per heavy atom. The lowest BCUT2D eigenvalue weighted by molar-refractivity contribution is 0.0779. The van der Waals surface area contributed by atoms with Gasteiger partial charge in [-0.15, -0.1) is 24.0 Å². The lowest BCUT2D eigenvalue weighted by atomic mass is 10.0. The van der Waals surface area contributed by atoms with Crippen LogP contribution in [0, 0.1) is 0 Å². The molecular weight excluding hydrogens is 456 g/mol. The Kier molecular flexibility index (Phi) is 8.08. The fourth-order valence-corrected chi connectivity index (χ4v) is 4.01. The lowest BCUT2D eigenvalue weighted by Crippen LogP contribution is -2.38. The highest BCUT2D eigenvalue weighted by atomic mass is 127. The molecule has 0 bridgehead atoms. The summed E-state index contributed by atoms with van der Waals surface area (Å²) in [6, 6.07) is 5.25. The van der Waals surface area contributed by atoms with Crippen LogP contribution >= 0.6 is 58.9 Å². The maximum absolute atomic E-state index is 10.2. The molecule has 2 rings (SSSR count). The van der Waals surface area contributed by atoms with E-state index in [2.05, 4.69) is 10.3 Å². The van der Waals surface area contributed by atoms with E-state index in [9.17, 15) is 5.11 Å². The Bertz CT molecular complexity index is 539. The van der Waals surface area contributed by atoms with Gasteiger partial charge in [-0.3, -0.25) is 4.99 Å². The van der Waals surface area contributed by atoms with Gasteiger partial charge in [0.05, 0.1) is 18.2 Å². The second kappa shape index (κ2) is 8.82. The molecular formula is C14H20Cl2IN3OS. The van der Waals surface area contributed by atoms with E-state index in [0.717, 1.165) is 17.7 Å². The number of hydrogen-bond donors (Lipinski definition) is 3. The average molecular weight is 476 g/mol. The maximum atomic E-state index is 10.2. The molecule has 0 amide bonds. The van der Waals surface area contributed by atoms with E-state index in [0.29, 0.717) is 28.3 Å². The normalized spacial score (nSPS) is 23.0. The number of nitrogens with one attached hydrogen (secondary N) is 1. The van der Waals surface area contributed by atoms with Crippen molar-refractivity contribution in [1.82, 2.24) is 5.32 Å². The number of nitrogens with two attached hydrogens (primary N) is 1. The molecule has 0 spiro atoms. The highest BCUT2D eigenvalue weighted by Crippen LogP contribution is 2.28. The summed E-state index contributed by atoms with van der Waals surface area (Å²) in [6.07, 6.45) is 0.757. The molecule has 1 aliphatic heterocycles. The zero-order valence-electron chi connectivity index (χ0n) is 12.2. The molecule has 8 heteroatoms. The number of aliphatic imine (C=N–C) groups is 1. The molecule has 0 radical (unpaired) electrons. The molecule has 1 aliphatic rings. The minimum Gasteiger partial charge on any atom is -0.387 e. The van der Waals surface area contributed by atoms with Gasteiger partial charge in [0, 0.05) is 15.8 Å². The van der Waals surface area contributed by atoms with Crippen molar-refractivity contribution in [2.24, 2.45) is 10.7 Å². The third-order valence-corrected chi connectivity index (χ3v) is 5.22. The van der Waals surface area contributed by atoms with E-state index >= 15 is 0 Å².